The van der Waals surface area contributed by atoms with Gasteiger partial charge >= 0.3 is 0 Å². The standard InChI is InChI=1S/C11H19N3/c1-3-4-5-6-13-11-9(2)7-10(12)8-14-11/h7-8H,3-6,12H2,1-2H3,(H,13,14). The smallest absolute Gasteiger partial charge is 0.128 e. The summed E-state index contributed by atoms with van der Waals surface area (Å²) in [6, 6.07) is 1.94. The van der Waals surface area contributed by atoms with Gasteiger partial charge in [-0.05, 0) is 25.0 Å². The van der Waals surface area contributed by atoms with Gasteiger partial charge in [0.2, 0.25) is 0 Å². The molecule has 0 spiro atoms. The Labute approximate surface area is 85.7 Å². The van der Waals surface area contributed by atoms with Crippen molar-refractivity contribution in [3.8, 4) is 0 Å². The van der Waals surface area contributed by atoms with Crippen LogP contribution < -0.4 is 11.1 Å². The second kappa shape index (κ2) is 5.47. The molecule has 14 heavy (non-hydrogen) atoms. The molecule has 1 rings (SSSR count). The Hall–Kier alpha value is -1.25. The first-order chi connectivity index (χ1) is 6.74. The van der Waals surface area contributed by atoms with E-state index >= 15 is 0 Å². The van der Waals surface area contributed by atoms with Crippen LogP contribution in [0.25, 0.3) is 0 Å². The normalized spacial score (nSPS) is 10.1. The van der Waals surface area contributed by atoms with E-state index in [4.69, 9.17) is 5.73 Å². The molecule has 0 unspecified atom stereocenters. The SMILES string of the molecule is CCCCCNc1ncc(N)cc1C. The quantitative estimate of drug-likeness (QED) is 0.707. The second-order valence-corrected chi connectivity index (χ2v) is 3.57. The van der Waals surface area contributed by atoms with Crippen molar-refractivity contribution in [3.05, 3.63) is 17.8 Å². The van der Waals surface area contributed by atoms with Crippen molar-refractivity contribution in [3.63, 3.8) is 0 Å². The molecule has 0 aromatic carbocycles. The highest BCUT2D eigenvalue weighted by Crippen LogP contribution is 2.13. The maximum Gasteiger partial charge on any atom is 0.128 e. The van der Waals surface area contributed by atoms with Crippen molar-refractivity contribution in [2.75, 3.05) is 17.6 Å². The Morgan fingerprint density at radius 2 is 2.21 bits per heavy atom. The van der Waals surface area contributed by atoms with E-state index in [2.05, 4.69) is 17.2 Å². The van der Waals surface area contributed by atoms with E-state index in [-0.39, 0.29) is 0 Å². The topological polar surface area (TPSA) is 50.9 Å². The predicted molar refractivity (Wildman–Crippen MR) is 61.4 cm³/mol. The highest BCUT2D eigenvalue weighted by Gasteiger charge is 1.98. The van der Waals surface area contributed by atoms with Crippen molar-refractivity contribution in [1.82, 2.24) is 4.98 Å². The zero-order valence-electron chi connectivity index (χ0n) is 9.01. The summed E-state index contributed by atoms with van der Waals surface area (Å²) in [4.78, 5) is 4.24. The van der Waals surface area contributed by atoms with Crippen molar-refractivity contribution < 1.29 is 0 Å². The molecule has 0 aliphatic carbocycles. The van der Waals surface area contributed by atoms with Gasteiger partial charge in [-0.25, -0.2) is 4.98 Å². The first-order valence-electron chi connectivity index (χ1n) is 5.20. The molecule has 3 N–H and O–H groups in total. The molecule has 0 fully saturated rings. The van der Waals surface area contributed by atoms with Gasteiger partial charge in [-0.2, -0.15) is 0 Å². The first kappa shape index (κ1) is 10.8. The number of nitrogens with two attached hydrogens (primary N) is 1. The second-order valence-electron chi connectivity index (χ2n) is 3.57. The van der Waals surface area contributed by atoms with Crippen LogP contribution in [0.2, 0.25) is 0 Å². The fourth-order valence-electron chi connectivity index (χ4n) is 1.36. The van der Waals surface area contributed by atoms with E-state index < -0.39 is 0 Å². The van der Waals surface area contributed by atoms with Crippen molar-refractivity contribution >= 4 is 11.5 Å². The van der Waals surface area contributed by atoms with Gasteiger partial charge in [-0.3, -0.25) is 0 Å². The molecule has 3 nitrogen and oxygen atoms in total. The molecule has 0 aliphatic rings. The summed E-state index contributed by atoms with van der Waals surface area (Å²) in [6.07, 6.45) is 5.40. The van der Waals surface area contributed by atoms with E-state index in [1.807, 2.05) is 13.0 Å². The molecule has 0 saturated carbocycles. The number of rotatable bonds is 5. The molecule has 1 heterocycles. The summed E-state index contributed by atoms with van der Waals surface area (Å²) in [5.41, 5.74) is 7.45. The van der Waals surface area contributed by atoms with Crippen molar-refractivity contribution in [2.24, 2.45) is 0 Å². The molecule has 0 saturated heterocycles. The first-order valence-corrected chi connectivity index (χ1v) is 5.20. The lowest BCUT2D eigenvalue weighted by molar-refractivity contribution is 0.742. The van der Waals surface area contributed by atoms with Crippen molar-refractivity contribution in [1.29, 1.82) is 0 Å². The zero-order valence-corrected chi connectivity index (χ0v) is 9.01. The van der Waals surface area contributed by atoms with Gasteiger partial charge in [0.25, 0.3) is 0 Å². The summed E-state index contributed by atoms with van der Waals surface area (Å²) >= 11 is 0. The third-order valence-electron chi connectivity index (χ3n) is 2.17. The van der Waals surface area contributed by atoms with Gasteiger partial charge < -0.3 is 11.1 Å². The van der Waals surface area contributed by atoms with Crippen LogP contribution in [0, 0.1) is 6.92 Å². The number of nitrogens with zero attached hydrogens (tertiary/aromatic N) is 1. The van der Waals surface area contributed by atoms with Gasteiger partial charge in [-0.15, -0.1) is 0 Å². The van der Waals surface area contributed by atoms with Gasteiger partial charge in [0.1, 0.15) is 5.82 Å². The van der Waals surface area contributed by atoms with Gasteiger partial charge in [0.05, 0.1) is 11.9 Å². The molecular formula is C11H19N3. The molecule has 1 aromatic rings. The Morgan fingerprint density at radius 1 is 1.43 bits per heavy atom. The summed E-state index contributed by atoms with van der Waals surface area (Å²) in [6.45, 7) is 5.21. The average Bonchev–Trinajstić information content (AvgIpc) is 2.15. The Morgan fingerprint density at radius 3 is 2.86 bits per heavy atom. The lowest BCUT2D eigenvalue weighted by atomic mass is 10.2. The van der Waals surface area contributed by atoms with E-state index in [0.29, 0.717) is 0 Å². The molecule has 78 valence electrons. The van der Waals surface area contributed by atoms with Crippen LogP contribution >= 0.6 is 0 Å². The summed E-state index contributed by atoms with van der Waals surface area (Å²) in [5, 5.41) is 3.31. The van der Waals surface area contributed by atoms with Crippen LogP contribution in [0.5, 0.6) is 0 Å². The number of nitrogens with one attached hydrogen (secondary N) is 1. The minimum absolute atomic E-state index is 0.724. The van der Waals surface area contributed by atoms with E-state index in [0.717, 1.165) is 23.6 Å². The number of nitrogen functional groups attached to an aromatic ring is 1. The van der Waals surface area contributed by atoms with Gasteiger partial charge in [0, 0.05) is 6.54 Å². The number of aromatic nitrogens is 1. The lowest BCUT2D eigenvalue weighted by Crippen LogP contribution is -2.05. The third-order valence-corrected chi connectivity index (χ3v) is 2.17. The van der Waals surface area contributed by atoms with Crippen LogP contribution in [0.1, 0.15) is 31.7 Å². The van der Waals surface area contributed by atoms with Crippen LogP contribution in [0.4, 0.5) is 11.5 Å². The molecular weight excluding hydrogens is 174 g/mol. The molecule has 0 amide bonds. The Bertz CT molecular complexity index is 284. The highest BCUT2D eigenvalue weighted by molar-refractivity contribution is 5.50. The largest absolute Gasteiger partial charge is 0.397 e. The van der Waals surface area contributed by atoms with Gasteiger partial charge in [-0.1, -0.05) is 19.8 Å². The third kappa shape index (κ3) is 3.24. The molecule has 0 bridgehead atoms. The van der Waals surface area contributed by atoms with Crippen LogP contribution in [-0.2, 0) is 0 Å². The number of aryl methyl sites for hydroxylation is 1. The molecule has 3 heteroatoms. The van der Waals surface area contributed by atoms with E-state index in [9.17, 15) is 0 Å². The average molecular weight is 193 g/mol. The number of unbranched alkanes of at least 4 members (excludes halogenated alkanes) is 2. The predicted octanol–water partition coefficient (Wildman–Crippen LogP) is 2.57. The maximum absolute atomic E-state index is 5.61. The Balaban J connectivity index is 2.42. The molecule has 0 atom stereocenters. The maximum atomic E-state index is 5.61. The number of pyridine rings is 1. The van der Waals surface area contributed by atoms with E-state index in [1.165, 1.54) is 19.3 Å². The summed E-state index contributed by atoms with van der Waals surface area (Å²) < 4.78 is 0. The zero-order chi connectivity index (χ0) is 10.4. The van der Waals surface area contributed by atoms with Crippen molar-refractivity contribution in [2.45, 2.75) is 33.1 Å². The minimum atomic E-state index is 0.724. The minimum Gasteiger partial charge on any atom is -0.397 e. The van der Waals surface area contributed by atoms with E-state index in [1.54, 1.807) is 6.20 Å². The van der Waals surface area contributed by atoms with Crippen LogP contribution in [0.3, 0.4) is 0 Å². The Kier molecular flexibility index (Phi) is 4.23. The molecule has 0 aliphatic heterocycles. The van der Waals surface area contributed by atoms with Crippen LogP contribution in [-0.4, -0.2) is 11.5 Å². The number of hydrogen-bond acceptors (Lipinski definition) is 3. The monoisotopic (exact) mass is 193 g/mol. The fraction of sp³-hybridized carbons (Fsp3) is 0.545. The highest BCUT2D eigenvalue weighted by atomic mass is 15.0. The summed E-state index contributed by atoms with van der Waals surface area (Å²) in [5.74, 6) is 0.954. The summed E-state index contributed by atoms with van der Waals surface area (Å²) in [7, 11) is 0. The fourth-order valence-corrected chi connectivity index (χ4v) is 1.36. The lowest BCUT2D eigenvalue weighted by Gasteiger charge is -2.08. The van der Waals surface area contributed by atoms with Crippen LogP contribution in [0.15, 0.2) is 12.3 Å². The molecule has 1 aromatic heterocycles. The number of hydrogen-bond donors (Lipinski definition) is 2. The number of anilines is 2. The molecule has 0 radical (unpaired) electrons. The van der Waals surface area contributed by atoms with Gasteiger partial charge in [0.15, 0.2) is 0 Å².